The largest absolute Gasteiger partial charge is 0.366 e. The maximum absolute atomic E-state index is 13.9. The van der Waals surface area contributed by atoms with Crippen molar-refractivity contribution in [1.82, 2.24) is 4.90 Å². The molecule has 0 aliphatic carbocycles. The smallest absolute Gasteiger partial charge is 0.227 e. The fraction of sp³-hybridized carbons (Fsp3) is 0.316. The zero-order valence-electron chi connectivity index (χ0n) is 13.9. The molecule has 0 atom stereocenters. The molecule has 132 valence electrons. The highest BCUT2D eigenvalue weighted by Crippen LogP contribution is 2.24. The summed E-state index contributed by atoms with van der Waals surface area (Å²) >= 11 is 0. The van der Waals surface area contributed by atoms with Crippen LogP contribution in [-0.2, 0) is 11.2 Å². The number of benzene rings is 2. The third-order valence-electron chi connectivity index (χ3n) is 4.46. The highest BCUT2D eigenvalue weighted by molar-refractivity contribution is 5.79. The topological polar surface area (TPSA) is 23.6 Å². The third kappa shape index (κ3) is 3.78. The number of carbonyl (C=O) groups is 1. The van der Waals surface area contributed by atoms with Crippen LogP contribution in [-0.4, -0.2) is 37.0 Å². The van der Waals surface area contributed by atoms with Crippen LogP contribution in [0.1, 0.15) is 11.1 Å². The van der Waals surface area contributed by atoms with Gasteiger partial charge in [0.2, 0.25) is 5.91 Å². The predicted molar refractivity (Wildman–Crippen MR) is 90.0 cm³/mol. The molecule has 1 heterocycles. The Labute approximate surface area is 144 Å². The van der Waals surface area contributed by atoms with Crippen LogP contribution >= 0.6 is 0 Å². The maximum atomic E-state index is 13.9. The Morgan fingerprint density at radius 3 is 2.20 bits per heavy atom. The molecule has 0 aromatic heterocycles. The molecule has 2 aromatic carbocycles. The molecule has 1 amide bonds. The fourth-order valence-corrected chi connectivity index (χ4v) is 2.95. The van der Waals surface area contributed by atoms with Crippen LogP contribution in [0.4, 0.5) is 18.9 Å². The van der Waals surface area contributed by atoms with Gasteiger partial charge in [-0.2, -0.15) is 0 Å². The first-order valence-corrected chi connectivity index (χ1v) is 8.17. The SMILES string of the molecule is Cc1ccc(CC(=O)N2CCN(c3ccc(F)c(F)c3F)CC2)cc1. The first-order valence-electron chi connectivity index (χ1n) is 8.17. The van der Waals surface area contributed by atoms with Crippen molar-refractivity contribution in [2.45, 2.75) is 13.3 Å². The lowest BCUT2D eigenvalue weighted by atomic mass is 10.1. The number of piperazine rings is 1. The zero-order valence-corrected chi connectivity index (χ0v) is 13.9. The van der Waals surface area contributed by atoms with Crippen molar-refractivity contribution in [1.29, 1.82) is 0 Å². The fourth-order valence-electron chi connectivity index (χ4n) is 2.95. The van der Waals surface area contributed by atoms with Gasteiger partial charge in [-0.05, 0) is 24.6 Å². The molecule has 1 aliphatic heterocycles. The van der Waals surface area contributed by atoms with Gasteiger partial charge in [0.1, 0.15) is 0 Å². The highest BCUT2D eigenvalue weighted by Gasteiger charge is 2.24. The monoisotopic (exact) mass is 348 g/mol. The second-order valence-corrected chi connectivity index (χ2v) is 6.22. The quantitative estimate of drug-likeness (QED) is 0.795. The van der Waals surface area contributed by atoms with Crippen LogP contribution in [0, 0.1) is 24.4 Å². The molecule has 0 unspecified atom stereocenters. The lowest BCUT2D eigenvalue weighted by Crippen LogP contribution is -2.49. The van der Waals surface area contributed by atoms with Crippen LogP contribution in [0.15, 0.2) is 36.4 Å². The minimum absolute atomic E-state index is 0.00858. The predicted octanol–water partition coefficient (Wildman–Crippen LogP) is 3.30. The van der Waals surface area contributed by atoms with Gasteiger partial charge >= 0.3 is 0 Å². The number of hydrogen-bond acceptors (Lipinski definition) is 2. The molecule has 1 aliphatic rings. The minimum atomic E-state index is -1.46. The number of rotatable bonds is 3. The second-order valence-electron chi connectivity index (χ2n) is 6.22. The number of amides is 1. The summed E-state index contributed by atoms with van der Waals surface area (Å²) in [5, 5.41) is 0. The molecule has 0 saturated carbocycles. The van der Waals surface area contributed by atoms with E-state index >= 15 is 0 Å². The molecule has 0 radical (unpaired) electrons. The van der Waals surface area contributed by atoms with E-state index in [0.29, 0.717) is 32.6 Å². The van der Waals surface area contributed by atoms with Crippen molar-refractivity contribution in [2.24, 2.45) is 0 Å². The molecule has 3 rings (SSSR count). The number of nitrogens with zero attached hydrogens (tertiary/aromatic N) is 2. The van der Waals surface area contributed by atoms with E-state index in [1.54, 1.807) is 9.80 Å². The molecule has 3 nitrogen and oxygen atoms in total. The molecule has 0 bridgehead atoms. The normalized spacial score (nSPS) is 14.7. The Morgan fingerprint density at radius 2 is 1.56 bits per heavy atom. The molecule has 0 N–H and O–H groups in total. The number of carbonyl (C=O) groups excluding carboxylic acids is 1. The van der Waals surface area contributed by atoms with Gasteiger partial charge in [-0.3, -0.25) is 4.79 Å². The first-order chi connectivity index (χ1) is 12.0. The van der Waals surface area contributed by atoms with E-state index in [-0.39, 0.29) is 11.6 Å². The maximum Gasteiger partial charge on any atom is 0.227 e. The Bertz CT molecular complexity index is 769. The summed E-state index contributed by atoms with van der Waals surface area (Å²) in [5.74, 6) is -3.84. The van der Waals surface area contributed by atoms with E-state index in [4.69, 9.17) is 0 Å². The Balaban J connectivity index is 1.61. The number of hydrogen-bond donors (Lipinski definition) is 0. The van der Waals surface area contributed by atoms with Gasteiger partial charge in [-0.15, -0.1) is 0 Å². The highest BCUT2D eigenvalue weighted by atomic mass is 19.2. The van der Waals surface area contributed by atoms with Crippen molar-refractivity contribution in [3.63, 3.8) is 0 Å². The van der Waals surface area contributed by atoms with Crippen molar-refractivity contribution < 1.29 is 18.0 Å². The Kier molecular flexibility index (Phi) is 4.97. The van der Waals surface area contributed by atoms with E-state index in [2.05, 4.69) is 0 Å². The lowest BCUT2D eigenvalue weighted by molar-refractivity contribution is -0.130. The van der Waals surface area contributed by atoms with Crippen molar-refractivity contribution in [2.75, 3.05) is 31.1 Å². The number of anilines is 1. The molecular weight excluding hydrogens is 329 g/mol. The van der Waals surface area contributed by atoms with Crippen LogP contribution in [0.25, 0.3) is 0 Å². The van der Waals surface area contributed by atoms with Crippen molar-refractivity contribution in [3.8, 4) is 0 Å². The summed E-state index contributed by atoms with van der Waals surface area (Å²) in [6, 6.07) is 9.94. The van der Waals surface area contributed by atoms with E-state index < -0.39 is 17.5 Å². The van der Waals surface area contributed by atoms with Gasteiger partial charge in [0, 0.05) is 26.2 Å². The van der Waals surface area contributed by atoms with E-state index in [1.807, 2.05) is 31.2 Å². The lowest BCUT2D eigenvalue weighted by Gasteiger charge is -2.36. The minimum Gasteiger partial charge on any atom is -0.366 e. The summed E-state index contributed by atoms with van der Waals surface area (Å²) in [6.07, 6.45) is 0.319. The van der Waals surface area contributed by atoms with Gasteiger partial charge in [0.15, 0.2) is 17.5 Å². The molecule has 1 fully saturated rings. The summed E-state index contributed by atoms with van der Waals surface area (Å²) < 4.78 is 40.3. The van der Waals surface area contributed by atoms with Crippen LogP contribution in [0.5, 0.6) is 0 Å². The average molecular weight is 348 g/mol. The van der Waals surface area contributed by atoms with E-state index in [9.17, 15) is 18.0 Å². The Morgan fingerprint density at radius 1 is 0.920 bits per heavy atom. The van der Waals surface area contributed by atoms with Crippen molar-refractivity contribution >= 4 is 11.6 Å². The molecule has 2 aromatic rings. The van der Waals surface area contributed by atoms with E-state index in [1.165, 1.54) is 6.07 Å². The molecule has 25 heavy (non-hydrogen) atoms. The van der Waals surface area contributed by atoms with E-state index in [0.717, 1.165) is 17.2 Å². The summed E-state index contributed by atoms with van der Waals surface area (Å²) in [4.78, 5) is 15.7. The molecule has 0 spiro atoms. The molecule has 1 saturated heterocycles. The first kappa shape index (κ1) is 17.3. The van der Waals surface area contributed by atoms with Crippen LogP contribution < -0.4 is 4.90 Å². The zero-order chi connectivity index (χ0) is 18.0. The Hall–Kier alpha value is -2.50. The summed E-state index contributed by atoms with van der Waals surface area (Å²) in [7, 11) is 0. The van der Waals surface area contributed by atoms with Gasteiger partial charge in [0.25, 0.3) is 0 Å². The van der Waals surface area contributed by atoms with Gasteiger partial charge in [-0.25, -0.2) is 13.2 Å². The van der Waals surface area contributed by atoms with Crippen molar-refractivity contribution in [3.05, 3.63) is 65.0 Å². The van der Waals surface area contributed by atoms with Crippen LogP contribution in [0.2, 0.25) is 0 Å². The second kappa shape index (κ2) is 7.17. The van der Waals surface area contributed by atoms with Gasteiger partial charge in [-0.1, -0.05) is 29.8 Å². The summed E-state index contributed by atoms with van der Waals surface area (Å²) in [6.45, 7) is 3.58. The standard InChI is InChI=1S/C19H19F3N2O/c1-13-2-4-14(5-3-13)12-17(25)24-10-8-23(9-11-24)16-7-6-15(20)18(21)19(16)22/h2-7H,8-12H2,1H3. The van der Waals surface area contributed by atoms with Gasteiger partial charge < -0.3 is 9.80 Å². The number of halogens is 3. The van der Waals surface area contributed by atoms with Crippen LogP contribution in [0.3, 0.4) is 0 Å². The molecular formula is C19H19F3N2O. The molecule has 6 heteroatoms. The average Bonchev–Trinajstić information content (AvgIpc) is 2.62. The van der Waals surface area contributed by atoms with Gasteiger partial charge in [0.05, 0.1) is 12.1 Å². The summed E-state index contributed by atoms with van der Waals surface area (Å²) in [5.41, 5.74) is 2.12. The number of aryl methyl sites for hydroxylation is 1. The third-order valence-corrected chi connectivity index (χ3v) is 4.46.